The van der Waals surface area contributed by atoms with Crippen LogP contribution in [0.4, 0.5) is 0 Å². The Balaban J connectivity index is 2.08. The van der Waals surface area contributed by atoms with Crippen molar-refractivity contribution in [2.75, 3.05) is 6.61 Å². The Morgan fingerprint density at radius 3 is 3.08 bits per heavy atom. The zero-order valence-electron chi connectivity index (χ0n) is 7.07. The first kappa shape index (κ1) is 7.80. The van der Waals surface area contributed by atoms with Gasteiger partial charge in [0, 0.05) is 12.8 Å². The summed E-state index contributed by atoms with van der Waals surface area (Å²) in [5.74, 6) is 0. The lowest BCUT2D eigenvalue weighted by Crippen LogP contribution is -2.18. The number of rotatable bonds is 1. The van der Waals surface area contributed by atoms with Crippen LogP contribution < -0.4 is 0 Å². The van der Waals surface area contributed by atoms with Gasteiger partial charge in [-0.3, -0.25) is 0 Å². The van der Waals surface area contributed by atoms with Gasteiger partial charge >= 0.3 is 0 Å². The van der Waals surface area contributed by atoms with Crippen LogP contribution in [-0.4, -0.2) is 16.4 Å². The van der Waals surface area contributed by atoms with Gasteiger partial charge in [-0.25, -0.2) is 4.68 Å². The van der Waals surface area contributed by atoms with Gasteiger partial charge in [-0.15, -0.1) is 0 Å². The molecule has 65 valence electrons. The number of nitrogens with zero attached hydrogens (tertiary/aromatic N) is 2. The Morgan fingerprint density at radius 1 is 1.58 bits per heavy atom. The van der Waals surface area contributed by atoms with Gasteiger partial charge in [0.1, 0.15) is 6.23 Å². The fourth-order valence-electron chi connectivity index (χ4n) is 1.47. The topological polar surface area (TPSA) is 27.1 Å². The van der Waals surface area contributed by atoms with Crippen LogP contribution in [0.25, 0.3) is 0 Å². The van der Waals surface area contributed by atoms with E-state index in [0.717, 1.165) is 18.6 Å². The van der Waals surface area contributed by atoms with Crippen LogP contribution in [0.1, 0.15) is 31.1 Å². The molecule has 1 aliphatic rings. The largest absolute Gasteiger partial charge is 0.357 e. The Hall–Kier alpha value is -0.830. The average Bonchev–Trinajstić information content (AvgIpc) is 2.54. The molecule has 1 aromatic rings. The molecule has 0 bridgehead atoms. The molecule has 0 amide bonds. The third-order valence-electron chi connectivity index (χ3n) is 2.11. The van der Waals surface area contributed by atoms with Crippen molar-refractivity contribution in [3.8, 4) is 0 Å². The standard InChI is InChI=1S/C9H13N2O/c1-8-6-10-11(7-8)9-4-2-3-5-12-9/h6-7,9H,1-5H2. The van der Waals surface area contributed by atoms with Gasteiger partial charge in [0.25, 0.3) is 0 Å². The second-order valence-corrected chi connectivity index (χ2v) is 3.15. The molecule has 3 nitrogen and oxygen atoms in total. The molecule has 1 aliphatic heterocycles. The summed E-state index contributed by atoms with van der Waals surface area (Å²) in [6.07, 6.45) is 7.32. The van der Waals surface area contributed by atoms with Crippen LogP contribution in [0.15, 0.2) is 12.4 Å². The zero-order chi connectivity index (χ0) is 8.39. The summed E-state index contributed by atoms with van der Waals surface area (Å²) in [6, 6.07) is 0. The average molecular weight is 165 g/mol. The third kappa shape index (κ3) is 1.50. The van der Waals surface area contributed by atoms with Crippen LogP contribution in [-0.2, 0) is 4.74 Å². The molecule has 1 fully saturated rings. The molecule has 2 rings (SSSR count). The number of hydrogen-bond donors (Lipinski definition) is 0. The normalized spacial score (nSPS) is 24.2. The van der Waals surface area contributed by atoms with Crippen LogP contribution in [0, 0.1) is 6.92 Å². The van der Waals surface area contributed by atoms with E-state index in [0.29, 0.717) is 0 Å². The first-order valence-electron chi connectivity index (χ1n) is 4.34. The van der Waals surface area contributed by atoms with Crippen LogP contribution in [0.5, 0.6) is 0 Å². The Labute approximate surface area is 72.3 Å². The molecule has 2 heterocycles. The monoisotopic (exact) mass is 165 g/mol. The predicted molar refractivity (Wildman–Crippen MR) is 45.5 cm³/mol. The van der Waals surface area contributed by atoms with Crippen molar-refractivity contribution < 1.29 is 4.74 Å². The smallest absolute Gasteiger partial charge is 0.150 e. The molecule has 1 aromatic heterocycles. The molecule has 0 aromatic carbocycles. The van der Waals surface area contributed by atoms with Crippen molar-refractivity contribution >= 4 is 0 Å². The van der Waals surface area contributed by atoms with Gasteiger partial charge in [-0.05, 0) is 31.7 Å². The third-order valence-corrected chi connectivity index (χ3v) is 2.11. The second kappa shape index (κ2) is 3.27. The van der Waals surface area contributed by atoms with Crippen molar-refractivity contribution in [1.29, 1.82) is 0 Å². The van der Waals surface area contributed by atoms with Gasteiger partial charge < -0.3 is 4.74 Å². The number of hydrogen-bond acceptors (Lipinski definition) is 2. The van der Waals surface area contributed by atoms with E-state index in [9.17, 15) is 0 Å². The Morgan fingerprint density at radius 2 is 2.50 bits per heavy atom. The number of ether oxygens (including phenoxy) is 1. The number of aromatic nitrogens is 2. The maximum atomic E-state index is 5.55. The summed E-state index contributed by atoms with van der Waals surface area (Å²) in [5.41, 5.74) is 0.948. The van der Waals surface area contributed by atoms with Gasteiger partial charge in [0.05, 0.1) is 6.20 Å². The van der Waals surface area contributed by atoms with E-state index < -0.39 is 0 Å². The van der Waals surface area contributed by atoms with Gasteiger partial charge in [0.15, 0.2) is 0 Å². The van der Waals surface area contributed by atoms with Crippen LogP contribution in [0.3, 0.4) is 0 Å². The molecule has 1 saturated heterocycles. The molecule has 12 heavy (non-hydrogen) atoms. The molecule has 1 atom stereocenters. The summed E-state index contributed by atoms with van der Waals surface area (Å²) >= 11 is 0. The Kier molecular flexibility index (Phi) is 2.13. The summed E-state index contributed by atoms with van der Waals surface area (Å²) in [5, 5.41) is 4.17. The van der Waals surface area contributed by atoms with E-state index in [-0.39, 0.29) is 6.23 Å². The predicted octanol–water partition coefficient (Wildman–Crippen LogP) is 1.76. The minimum atomic E-state index is 0.147. The van der Waals surface area contributed by atoms with Gasteiger partial charge in [-0.1, -0.05) is 0 Å². The maximum absolute atomic E-state index is 5.55. The van der Waals surface area contributed by atoms with E-state index in [4.69, 9.17) is 4.74 Å². The zero-order valence-corrected chi connectivity index (χ0v) is 7.07. The molecule has 1 radical (unpaired) electrons. The molecule has 0 saturated carbocycles. The summed E-state index contributed by atoms with van der Waals surface area (Å²) in [7, 11) is 0. The summed E-state index contributed by atoms with van der Waals surface area (Å²) in [4.78, 5) is 0. The molecular formula is C9H13N2O. The molecule has 0 aliphatic carbocycles. The fraction of sp³-hybridized carbons (Fsp3) is 0.556. The van der Waals surface area contributed by atoms with Crippen molar-refractivity contribution in [3.63, 3.8) is 0 Å². The highest BCUT2D eigenvalue weighted by atomic mass is 16.5. The van der Waals surface area contributed by atoms with E-state index in [1.807, 2.05) is 10.9 Å². The van der Waals surface area contributed by atoms with Crippen molar-refractivity contribution in [1.82, 2.24) is 9.78 Å². The molecular weight excluding hydrogens is 152 g/mol. The van der Waals surface area contributed by atoms with E-state index in [1.54, 1.807) is 6.20 Å². The highest BCUT2D eigenvalue weighted by Crippen LogP contribution is 2.21. The van der Waals surface area contributed by atoms with E-state index >= 15 is 0 Å². The molecule has 3 heteroatoms. The van der Waals surface area contributed by atoms with E-state index in [1.165, 1.54) is 12.8 Å². The van der Waals surface area contributed by atoms with E-state index in [2.05, 4.69) is 12.0 Å². The van der Waals surface area contributed by atoms with Gasteiger partial charge in [0.2, 0.25) is 0 Å². The fourth-order valence-corrected chi connectivity index (χ4v) is 1.47. The lowest BCUT2D eigenvalue weighted by Gasteiger charge is -2.22. The SMILES string of the molecule is [CH2]c1cnn(C2CCCCO2)c1. The second-order valence-electron chi connectivity index (χ2n) is 3.15. The molecule has 0 spiro atoms. The van der Waals surface area contributed by atoms with Crippen LogP contribution >= 0.6 is 0 Å². The summed E-state index contributed by atoms with van der Waals surface area (Å²) < 4.78 is 7.41. The quantitative estimate of drug-likeness (QED) is 0.634. The highest BCUT2D eigenvalue weighted by Gasteiger charge is 2.15. The first-order valence-corrected chi connectivity index (χ1v) is 4.34. The lowest BCUT2D eigenvalue weighted by molar-refractivity contribution is -0.0395. The van der Waals surface area contributed by atoms with Crippen molar-refractivity contribution in [2.45, 2.75) is 25.5 Å². The Bertz CT molecular complexity index is 251. The first-order chi connectivity index (χ1) is 5.86. The minimum absolute atomic E-state index is 0.147. The van der Waals surface area contributed by atoms with Gasteiger partial charge in [-0.2, -0.15) is 5.10 Å². The minimum Gasteiger partial charge on any atom is -0.357 e. The highest BCUT2D eigenvalue weighted by molar-refractivity contribution is 5.07. The molecule has 0 N–H and O–H groups in total. The summed E-state index contributed by atoms with van der Waals surface area (Å²) in [6.45, 7) is 4.66. The lowest BCUT2D eigenvalue weighted by atomic mass is 10.2. The van der Waals surface area contributed by atoms with Crippen LogP contribution in [0.2, 0.25) is 0 Å². The van der Waals surface area contributed by atoms with Crippen molar-refractivity contribution in [2.24, 2.45) is 0 Å². The van der Waals surface area contributed by atoms with Crippen molar-refractivity contribution in [3.05, 3.63) is 24.9 Å². The molecule has 1 unspecified atom stereocenters. The maximum Gasteiger partial charge on any atom is 0.150 e.